The number of nitrogens with zero attached hydrogens (tertiary/aromatic N) is 2. The molecule has 5 rings (SSSR count). The van der Waals surface area contributed by atoms with Crippen molar-refractivity contribution >= 4 is 43.6 Å². The molecule has 3 heterocycles. The summed E-state index contributed by atoms with van der Waals surface area (Å²) in [6, 6.07) is 13.6. The Balaban J connectivity index is 1.45. The van der Waals surface area contributed by atoms with Crippen LogP contribution < -0.4 is 9.64 Å². The second-order valence-corrected chi connectivity index (χ2v) is 8.41. The van der Waals surface area contributed by atoms with Crippen molar-refractivity contribution in [2.75, 3.05) is 25.2 Å². The fraction of sp³-hybridized carbons (Fsp3) is 0.304. The number of para-hydroxylation sites is 1. The first kappa shape index (κ1) is 19.1. The molecule has 154 valence electrons. The van der Waals surface area contributed by atoms with Crippen LogP contribution in [0.2, 0.25) is 0 Å². The van der Waals surface area contributed by atoms with Crippen molar-refractivity contribution in [2.45, 2.75) is 25.4 Å². The standard InChI is InChI=1S/C23H22N2O4S/c1-27-16-8-9-18-15(14-29-20(18)12-16)11-22(26)25(13-17-5-4-10-28-17)23-24-19-6-2-3-7-21(19)30-23/h2-3,6-9,12,14,17H,4-5,10-11,13H2,1H3. The number of ether oxygens (including phenoxy) is 2. The fourth-order valence-electron chi connectivity index (χ4n) is 3.84. The normalized spacial score (nSPS) is 16.4. The van der Waals surface area contributed by atoms with Gasteiger partial charge in [-0.2, -0.15) is 0 Å². The molecule has 2 aromatic heterocycles. The lowest BCUT2D eigenvalue weighted by atomic mass is 10.1. The van der Waals surface area contributed by atoms with Crippen molar-refractivity contribution < 1.29 is 18.7 Å². The highest BCUT2D eigenvalue weighted by Gasteiger charge is 2.27. The van der Waals surface area contributed by atoms with Crippen LogP contribution in [-0.2, 0) is 16.0 Å². The van der Waals surface area contributed by atoms with Gasteiger partial charge in [0.25, 0.3) is 0 Å². The lowest BCUT2D eigenvalue weighted by molar-refractivity contribution is -0.118. The molecule has 4 aromatic rings. The molecule has 2 aromatic carbocycles. The van der Waals surface area contributed by atoms with Gasteiger partial charge >= 0.3 is 0 Å². The lowest BCUT2D eigenvalue weighted by Gasteiger charge is -2.23. The summed E-state index contributed by atoms with van der Waals surface area (Å²) >= 11 is 1.54. The Morgan fingerprint density at radius 3 is 3.00 bits per heavy atom. The SMILES string of the molecule is COc1ccc2c(CC(=O)N(CC3CCCO3)c3nc4ccccc4s3)coc2c1. The molecule has 1 atom stereocenters. The summed E-state index contributed by atoms with van der Waals surface area (Å²) < 4.78 is 17.8. The van der Waals surface area contributed by atoms with Gasteiger partial charge in [-0.15, -0.1) is 0 Å². The van der Waals surface area contributed by atoms with Gasteiger partial charge in [0.2, 0.25) is 5.91 Å². The largest absolute Gasteiger partial charge is 0.497 e. The van der Waals surface area contributed by atoms with Gasteiger partial charge in [-0.05, 0) is 37.1 Å². The molecule has 30 heavy (non-hydrogen) atoms. The Morgan fingerprint density at radius 2 is 2.20 bits per heavy atom. The number of hydrogen-bond acceptors (Lipinski definition) is 6. The van der Waals surface area contributed by atoms with E-state index in [1.807, 2.05) is 42.5 Å². The van der Waals surface area contributed by atoms with Crippen molar-refractivity contribution in [2.24, 2.45) is 0 Å². The van der Waals surface area contributed by atoms with Crippen LogP contribution in [0.5, 0.6) is 5.75 Å². The zero-order chi connectivity index (χ0) is 20.5. The number of rotatable bonds is 6. The summed E-state index contributed by atoms with van der Waals surface area (Å²) in [5.41, 5.74) is 2.47. The molecule has 7 heteroatoms. The van der Waals surface area contributed by atoms with E-state index in [-0.39, 0.29) is 18.4 Å². The number of thiazole rings is 1. The number of carbonyl (C=O) groups is 1. The first-order chi connectivity index (χ1) is 14.7. The van der Waals surface area contributed by atoms with Crippen molar-refractivity contribution in [1.82, 2.24) is 4.98 Å². The van der Waals surface area contributed by atoms with Crippen molar-refractivity contribution in [3.8, 4) is 5.75 Å². The Kier molecular flexibility index (Phi) is 5.14. The second-order valence-electron chi connectivity index (χ2n) is 7.40. The summed E-state index contributed by atoms with van der Waals surface area (Å²) in [5.74, 6) is 0.715. The van der Waals surface area contributed by atoms with Gasteiger partial charge in [-0.1, -0.05) is 23.5 Å². The minimum Gasteiger partial charge on any atom is -0.497 e. The zero-order valence-electron chi connectivity index (χ0n) is 16.7. The maximum atomic E-state index is 13.4. The molecule has 0 N–H and O–H groups in total. The van der Waals surface area contributed by atoms with Crippen molar-refractivity contribution in [3.05, 3.63) is 54.3 Å². The molecule has 0 aliphatic carbocycles. The molecule has 6 nitrogen and oxygen atoms in total. The van der Waals surface area contributed by atoms with E-state index in [2.05, 4.69) is 0 Å². The summed E-state index contributed by atoms with van der Waals surface area (Å²) in [4.78, 5) is 19.9. The molecular formula is C23H22N2O4S. The second kappa shape index (κ2) is 8.08. The number of furan rings is 1. The van der Waals surface area contributed by atoms with Crippen LogP contribution in [0.15, 0.2) is 53.1 Å². The number of fused-ring (bicyclic) bond motifs is 2. The van der Waals surface area contributed by atoms with E-state index in [1.54, 1.807) is 18.3 Å². The van der Waals surface area contributed by atoms with Gasteiger partial charge in [0, 0.05) is 23.6 Å². The quantitative estimate of drug-likeness (QED) is 0.446. The summed E-state index contributed by atoms with van der Waals surface area (Å²) in [6.45, 7) is 1.27. The summed E-state index contributed by atoms with van der Waals surface area (Å²) in [6.07, 6.45) is 3.93. The third-order valence-corrected chi connectivity index (χ3v) is 6.49. The molecule has 1 unspecified atom stereocenters. The molecule has 1 fully saturated rings. The Bertz CT molecular complexity index is 1160. The Labute approximate surface area is 178 Å². The molecule has 0 spiro atoms. The predicted molar refractivity (Wildman–Crippen MR) is 117 cm³/mol. The van der Waals surface area contributed by atoms with Gasteiger partial charge in [-0.25, -0.2) is 4.98 Å². The van der Waals surface area contributed by atoms with Crippen LogP contribution in [-0.4, -0.2) is 37.3 Å². The molecular weight excluding hydrogens is 400 g/mol. The number of hydrogen-bond donors (Lipinski definition) is 0. The average molecular weight is 423 g/mol. The van der Waals surface area contributed by atoms with Gasteiger partial charge in [-0.3, -0.25) is 9.69 Å². The molecule has 1 aliphatic heterocycles. The number of carbonyl (C=O) groups excluding carboxylic acids is 1. The highest BCUT2D eigenvalue weighted by molar-refractivity contribution is 7.22. The van der Waals surface area contributed by atoms with Gasteiger partial charge < -0.3 is 13.9 Å². The van der Waals surface area contributed by atoms with E-state index in [1.165, 1.54) is 11.3 Å². The number of anilines is 1. The summed E-state index contributed by atoms with van der Waals surface area (Å²) in [5, 5.41) is 1.64. The van der Waals surface area contributed by atoms with E-state index in [0.717, 1.165) is 46.4 Å². The minimum absolute atomic E-state index is 0.0110. The van der Waals surface area contributed by atoms with E-state index in [0.29, 0.717) is 17.3 Å². The van der Waals surface area contributed by atoms with Gasteiger partial charge in [0.1, 0.15) is 11.3 Å². The van der Waals surface area contributed by atoms with Crippen LogP contribution in [0.1, 0.15) is 18.4 Å². The zero-order valence-corrected chi connectivity index (χ0v) is 17.5. The Hall–Kier alpha value is -2.90. The average Bonchev–Trinajstić information content (AvgIpc) is 3.51. The molecule has 1 amide bonds. The maximum Gasteiger partial charge on any atom is 0.233 e. The summed E-state index contributed by atoms with van der Waals surface area (Å²) in [7, 11) is 1.62. The highest BCUT2D eigenvalue weighted by atomic mass is 32.1. The predicted octanol–water partition coefficient (Wildman–Crippen LogP) is 4.81. The van der Waals surface area contributed by atoms with E-state index < -0.39 is 0 Å². The molecule has 0 radical (unpaired) electrons. The van der Waals surface area contributed by atoms with Gasteiger partial charge in [0.15, 0.2) is 5.13 Å². The minimum atomic E-state index is -0.0110. The highest BCUT2D eigenvalue weighted by Crippen LogP contribution is 2.31. The van der Waals surface area contributed by atoms with Crippen molar-refractivity contribution in [1.29, 1.82) is 0 Å². The van der Waals surface area contributed by atoms with Crippen molar-refractivity contribution in [3.63, 3.8) is 0 Å². The number of aromatic nitrogens is 1. The Morgan fingerprint density at radius 1 is 1.30 bits per heavy atom. The first-order valence-corrected chi connectivity index (χ1v) is 10.8. The fourth-order valence-corrected chi connectivity index (χ4v) is 4.83. The van der Waals surface area contributed by atoms with Crippen LogP contribution >= 0.6 is 11.3 Å². The number of methoxy groups -OCH3 is 1. The van der Waals surface area contributed by atoms with E-state index in [4.69, 9.17) is 18.9 Å². The van der Waals surface area contributed by atoms with Gasteiger partial charge in [0.05, 0.1) is 42.7 Å². The third-order valence-electron chi connectivity index (χ3n) is 5.43. The van der Waals surface area contributed by atoms with E-state index in [9.17, 15) is 4.79 Å². The molecule has 1 aliphatic rings. The molecule has 1 saturated heterocycles. The van der Waals surface area contributed by atoms with Crippen LogP contribution in [0.25, 0.3) is 21.2 Å². The van der Waals surface area contributed by atoms with E-state index >= 15 is 0 Å². The smallest absolute Gasteiger partial charge is 0.233 e. The maximum absolute atomic E-state index is 13.4. The molecule has 0 saturated carbocycles. The number of amides is 1. The monoisotopic (exact) mass is 422 g/mol. The first-order valence-electron chi connectivity index (χ1n) is 10.0. The van der Waals surface area contributed by atoms with Crippen LogP contribution in [0, 0.1) is 0 Å². The lowest BCUT2D eigenvalue weighted by Crippen LogP contribution is -2.38. The molecule has 0 bridgehead atoms. The topological polar surface area (TPSA) is 64.8 Å². The third kappa shape index (κ3) is 3.66. The number of benzene rings is 2. The van der Waals surface area contributed by atoms with Crippen LogP contribution in [0.3, 0.4) is 0 Å². The van der Waals surface area contributed by atoms with Crippen LogP contribution in [0.4, 0.5) is 5.13 Å².